The lowest BCUT2D eigenvalue weighted by molar-refractivity contribution is -0.148. The van der Waals surface area contributed by atoms with E-state index in [1.165, 1.54) is 0 Å². The van der Waals surface area contributed by atoms with E-state index in [4.69, 9.17) is 0 Å². The third-order valence-electron chi connectivity index (χ3n) is 3.74. The number of likely N-dealkylation sites (tertiary alicyclic amines) is 1. The van der Waals surface area contributed by atoms with Crippen LogP contribution in [0, 0.1) is 5.41 Å². The number of aromatic nitrogens is 1. The number of hydrogen-bond acceptors (Lipinski definition) is 3. The zero-order chi connectivity index (χ0) is 13.0. The Morgan fingerprint density at radius 2 is 2.44 bits per heavy atom. The maximum Gasteiger partial charge on any atom is 0.310 e. The molecule has 4 heteroatoms. The Bertz CT molecular complexity index is 408. The molecule has 1 fully saturated rings. The summed E-state index contributed by atoms with van der Waals surface area (Å²) in [5, 5.41) is 9.44. The lowest BCUT2D eigenvalue weighted by Gasteiger charge is -2.24. The zero-order valence-corrected chi connectivity index (χ0v) is 10.8. The number of hydrogen-bond donors (Lipinski definition) is 1. The summed E-state index contributed by atoms with van der Waals surface area (Å²) in [5.41, 5.74) is 0.618. The van der Waals surface area contributed by atoms with Gasteiger partial charge in [0, 0.05) is 25.5 Å². The normalized spacial score (nSPS) is 24.3. The molecule has 0 amide bonds. The van der Waals surface area contributed by atoms with Crippen molar-refractivity contribution < 1.29 is 9.90 Å². The van der Waals surface area contributed by atoms with E-state index in [0.717, 1.165) is 37.9 Å². The van der Waals surface area contributed by atoms with E-state index in [1.54, 1.807) is 6.20 Å². The molecular weight excluding hydrogens is 228 g/mol. The Morgan fingerprint density at radius 3 is 3.06 bits per heavy atom. The smallest absolute Gasteiger partial charge is 0.310 e. The van der Waals surface area contributed by atoms with Gasteiger partial charge >= 0.3 is 5.97 Å². The third-order valence-corrected chi connectivity index (χ3v) is 3.74. The molecule has 0 radical (unpaired) electrons. The van der Waals surface area contributed by atoms with E-state index < -0.39 is 11.4 Å². The van der Waals surface area contributed by atoms with Crippen LogP contribution in [0.5, 0.6) is 0 Å². The topological polar surface area (TPSA) is 53.4 Å². The first-order valence-corrected chi connectivity index (χ1v) is 6.51. The van der Waals surface area contributed by atoms with E-state index in [0.29, 0.717) is 6.54 Å². The molecule has 0 aliphatic carbocycles. The van der Waals surface area contributed by atoms with Gasteiger partial charge in [-0.1, -0.05) is 19.4 Å². The maximum absolute atomic E-state index is 11.5. The van der Waals surface area contributed by atoms with Crippen molar-refractivity contribution >= 4 is 5.97 Å². The molecule has 0 bridgehead atoms. The van der Waals surface area contributed by atoms with Crippen molar-refractivity contribution in [1.82, 2.24) is 9.88 Å². The zero-order valence-electron chi connectivity index (χ0n) is 10.8. The van der Waals surface area contributed by atoms with Crippen LogP contribution in [0.25, 0.3) is 0 Å². The summed E-state index contributed by atoms with van der Waals surface area (Å²) in [6, 6.07) is 3.95. The summed E-state index contributed by atoms with van der Waals surface area (Å²) in [6.45, 7) is 4.37. The van der Waals surface area contributed by atoms with Crippen LogP contribution in [0.3, 0.4) is 0 Å². The predicted octanol–water partition coefficient (Wildman–Crippen LogP) is 2.16. The van der Waals surface area contributed by atoms with Crippen LogP contribution in [-0.4, -0.2) is 34.0 Å². The summed E-state index contributed by atoms with van der Waals surface area (Å²) < 4.78 is 0. The Balaban J connectivity index is 2.01. The lowest BCUT2D eigenvalue weighted by Crippen LogP contribution is -2.34. The van der Waals surface area contributed by atoms with Gasteiger partial charge in [-0.25, -0.2) is 0 Å². The minimum atomic E-state index is -0.641. The molecular formula is C14H20N2O2. The Labute approximate surface area is 108 Å². The molecule has 1 aromatic heterocycles. The van der Waals surface area contributed by atoms with Crippen molar-refractivity contribution in [2.75, 3.05) is 13.1 Å². The molecule has 0 spiro atoms. The molecule has 2 rings (SSSR count). The van der Waals surface area contributed by atoms with Crippen LogP contribution in [0.4, 0.5) is 0 Å². The van der Waals surface area contributed by atoms with Crippen LogP contribution < -0.4 is 0 Å². The maximum atomic E-state index is 11.5. The molecule has 2 heterocycles. The molecule has 1 aliphatic heterocycles. The van der Waals surface area contributed by atoms with Crippen molar-refractivity contribution in [2.24, 2.45) is 5.41 Å². The predicted molar refractivity (Wildman–Crippen MR) is 69.1 cm³/mol. The number of carboxylic acids is 1. The van der Waals surface area contributed by atoms with Crippen LogP contribution in [0.15, 0.2) is 24.5 Å². The van der Waals surface area contributed by atoms with Crippen LogP contribution in [-0.2, 0) is 11.3 Å². The van der Waals surface area contributed by atoms with Crippen molar-refractivity contribution in [3.05, 3.63) is 30.1 Å². The summed E-state index contributed by atoms with van der Waals surface area (Å²) in [6.07, 6.45) is 6.06. The molecule has 1 N–H and O–H groups in total. The molecule has 0 aromatic carbocycles. The Hall–Kier alpha value is -1.42. The van der Waals surface area contributed by atoms with E-state index in [2.05, 4.69) is 16.8 Å². The van der Waals surface area contributed by atoms with E-state index in [-0.39, 0.29) is 0 Å². The van der Waals surface area contributed by atoms with E-state index in [9.17, 15) is 9.90 Å². The number of rotatable bonds is 5. The first kappa shape index (κ1) is 13.0. The summed E-state index contributed by atoms with van der Waals surface area (Å²) in [4.78, 5) is 17.8. The molecule has 4 nitrogen and oxygen atoms in total. The van der Waals surface area contributed by atoms with Crippen LogP contribution in [0.1, 0.15) is 31.7 Å². The molecule has 1 atom stereocenters. The minimum absolute atomic E-state index is 0.531. The lowest BCUT2D eigenvalue weighted by atomic mass is 9.83. The summed E-state index contributed by atoms with van der Waals surface area (Å²) in [7, 11) is 0. The number of carbonyl (C=O) groups is 1. The molecule has 1 aromatic rings. The number of aliphatic carboxylic acids is 1. The van der Waals surface area contributed by atoms with Gasteiger partial charge in [-0.2, -0.15) is 0 Å². The summed E-state index contributed by atoms with van der Waals surface area (Å²) >= 11 is 0. The fourth-order valence-electron chi connectivity index (χ4n) is 2.81. The van der Waals surface area contributed by atoms with Gasteiger partial charge in [0.25, 0.3) is 0 Å². The fourth-order valence-corrected chi connectivity index (χ4v) is 2.81. The highest BCUT2D eigenvalue weighted by molar-refractivity contribution is 5.75. The van der Waals surface area contributed by atoms with Gasteiger partial charge < -0.3 is 5.11 Å². The first-order chi connectivity index (χ1) is 8.66. The minimum Gasteiger partial charge on any atom is -0.481 e. The molecule has 18 heavy (non-hydrogen) atoms. The van der Waals surface area contributed by atoms with E-state index >= 15 is 0 Å². The molecule has 98 valence electrons. The highest BCUT2D eigenvalue weighted by Gasteiger charge is 2.43. The SMILES string of the molecule is CCCC1(C(=O)O)CCN(Cc2cccnc2)C1. The van der Waals surface area contributed by atoms with Gasteiger partial charge in [0.2, 0.25) is 0 Å². The van der Waals surface area contributed by atoms with E-state index in [1.807, 2.05) is 18.3 Å². The standard InChI is InChI=1S/C14H20N2O2/c1-2-5-14(13(17)18)6-8-16(11-14)10-12-4-3-7-15-9-12/h3-4,7,9H,2,5-6,8,10-11H2,1H3,(H,17,18). The quantitative estimate of drug-likeness (QED) is 0.867. The van der Waals surface area contributed by atoms with Gasteiger partial charge in [0.1, 0.15) is 0 Å². The average molecular weight is 248 g/mol. The number of carboxylic acid groups (broad SMARTS) is 1. The molecule has 1 unspecified atom stereocenters. The van der Waals surface area contributed by atoms with Crippen molar-refractivity contribution in [1.29, 1.82) is 0 Å². The number of nitrogens with zero attached hydrogens (tertiary/aromatic N) is 2. The first-order valence-electron chi connectivity index (χ1n) is 6.51. The second-order valence-electron chi connectivity index (χ2n) is 5.16. The fraction of sp³-hybridized carbons (Fsp3) is 0.571. The van der Waals surface area contributed by atoms with Gasteiger partial charge in [-0.3, -0.25) is 14.7 Å². The highest BCUT2D eigenvalue weighted by atomic mass is 16.4. The Morgan fingerprint density at radius 1 is 1.61 bits per heavy atom. The second kappa shape index (κ2) is 5.48. The van der Waals surface area contributed by atoms with Crippen LogP contribution >= 0.6 is 0 Å². The Kier molecular flexibility index (Phi) is 3.97. The van der Waals surface area contributed by atoms with Crippen molar-refractivity contribution in [3.8, 4) is 0 Å². The third kappa shape index (κ3) is 2.70. The molecule has 1 saturated heterocycles. The second-order valence-corrected chi connectivity index (χ2v) is 5.16. The number of pyridine rings is 1. The van der Waals surface area contributed by atoms with Gasteiger partial charge in [0.15, 0.2) is 0 Å². The van der Waals surface area contributed by atoms with Crippen LogP contribution in [0.2, 0.25) is 0 Å². The van der Waals surface area contributed by atoms with Crippen molar-refractivity contribution in [2.45, 2.75) is 32.7 Å². The largest absolute Gasteiger partial charge is 0.481 e. The monoisotopic (exact) mass is 248 g/mol. The van der Waals surface area contributed by atoms with Crippen molar-refractivity contribution in [3.63, 3.8) is 0 Å². The summed E-state index contributed by atoms with van der Waals surface area (Å²) in [5.74, 6) is -0.641. The molecule has 1 aliphatic rings. The highest BCUT2D eigenvalue weighted by Crippen LogP contribution is 2.36. The average Bonchev–Trinajstić information content (AvgIpc) is 2.76. The van der Waals surface area contributed by atoms with Gasteiger partial charge in [-0.05, 0) is 31.0 Å². The van der Waals surface area contributed by atoms with Gasteiger partial charge in [0.05, 0.1) is 5.41 Å². The van der Waals surface area contributed by atoms with Gasteiger partial charge in [-0.15, -0.1) is 0 Å². The molecule has 0 saturated carbocycles.